The van der Waals surface area contributed by atoms with Crippen LogP contribution in [0.15, 0.2) is 30.3 Å². The van der Waals surface area contributed by atoms with Crippen LogP contribution < -0.4 is 11.1 Å². The summed E-state index contributed by atoms with van der Waals surface area (Å²) in [6.45, 7) is 7.23. The summed E-state index contributed by atoms with van der Waals surface area (Å²) < 4.78 is 0. The van der Waals surface area contributed by atoms with Crippen molar-refractivity contribution in [3.8, 4) is 0 Å². The Bertz CT molecular complexity index is 1140. The summed E-state index contributed by atoms with van der Waals surface area (Å²) in [5, 5.41) is 15.6. The van der Waals surface area contributed by atoms with Crippen molar-refractivity contribution in [2.75, 3.05) is 31.9 Å². The number of aryl methyl sites for hydroxylation is 2. The molecule has 1 aliphatic heterocycles. The molecule has 3 heterocycles. The first-order valence-electron chi connectivity index (χ1n) is 11.4. The first kappa shape index (κ1) is 24.0. The van der Waals surface area contributed by atoms with Crippen LogP contribution in [0.1, 0.15) is 52.2 Å². The summed E-state index contributed by atoms with van der Waals surface area (Å²) in [5.74, 6) is -0.126. The smallest absolute Gasteiger partial charge is 0.263 e. The molecule has 0 unspecified atom stereocenters. The van der Waals surface area contributed by atoms with Crippen molar-refractivity contribution in [1.82, 2.24) is 15.2 Å². The fourth-order valence-corrected chi connectivity index (χ4v) is 5.83. The Kier molecular flexibility index (Phi) is 7.24. The Morgan fingerprint density at radius 2 is 1.94 bits per heavy atom. The Labute approximate surface area is 203 Å². The fourth-order valence-electron chi connectivity index (χ4n) is 4.58. The van der Waals surface area contributed by atoms with Gasteiger partial charge < -0.3 is 21.1 Å². The highest BCUT2D eigenvalue weighted by molar-refractivity contribution is 7.21. The van der Waals surface area contributed by atoms with Gasteiger partial charge in [-0.3, -0.25) is 4.79 Å². The predicted molar refractivity (Wildman–Crippen MR) is 136 cm³/mol. The Balaban J connectivity index is 1.21. The molecule has 0 spiro atoms. The van der Waals surface area contributed by atoms with Gasteiger partial charge in [0.2, 0.25) is 0 Å². The van der Waals surface area contributed by atoms with Gasteiger partial charge in [-0.15, -0.1) is 11.3 Å². The SMILES string of the molecule is Cc1cc(C)c2c(N)c(C(=O)NCCCCN3CCC(O)(c4ccc(Cl)cc4)CC3)sc2n1. The van der Waals surface area contributed by atoms with Gasteiger partial charge in [0.1, 0.15) is 9.71 Å². The molecule has 1 amide bonds. The van der Waals surface area contributed by atoms with E-state index >= 15 is 0 Å². The number of unbranched alkanes of at least 4 members (excludes halogenated alkanes) is 1. The number of benzene rings is 1. The minimum atomic E-state index is -0.773. The van der Waals surface area contributed by atoms with Gasteiger partial charge in [-0.2, -0.15) is 0 Å². The summed E-state index contributed by atoms with van der Waals surface area (Å²) in [7, 11) is 0. The maximum Gasteiger partial charge on any atom is 0.263 e. The molecule has 176 valence electrons. The van der Waals surface area contributed by atoms with E-state index in [9.17, 15) is 9.90 Å². The zero-order valence-electron chi connectivity index (χ0n) is 19.2. The number of fused-ring (bicyclic) bond motifs is 1. The molecule has 1 aromatic carbocycles. The molecule has 0 aliphatic carbocycles. The van der Waals surface area contributed by atoms with E-state index < -0.39 is 5.60 Å². The van der Waals surface area contributed by atoms with Gasteiger partial charge in [0.15, 0.2) is 0 Å². The number of thiophene rings is 1. The lowest BCUT2D eigenvalue weighted by molar-refractivity contribution is -0.0260. The van der Waals surface area contributed by atoms with E-state index in [2.05, 4.69) is 15.2 Å². The minimum absolute atomic E-state index is 0.126. The van der Waals surface area contributed by atoms with E-state index in [1.54, 1.807) is 0 Å². The molecular formula is C25H31ClN4O2S. The van der Waals surface area contributed by atoms with Crippen molar-refractivity contribution in [1.29, 1.82) is 0 Å². The van der Waals surface area contributed by atoms with Crippen molar-refractivity contribution >= 4 is 44.7 Å². The average molecular weight is 487 g/mol. The van der Waals surface area contributed by atoms with Crippen LogP contribution in [0.25, 0.3) is 10.2 Å². The zero-order valence-corrected chi connectivity index (χ0v) is 20.7. The van der Waals surface area contributed by atoms with E-state index in [-0.39, 0.29) is 5.91 Å². The number of hydrogen-bond donors (Lipinski definition) is 3. The average Bonchev–Trinajstić information content (AvgIpc) is 3.11. The van der Waals surface area contributed by atoms with Crippen molar-refractivity contribution in [2.24, 2.45) is 0 Å². The number of nitrogens with one attached hydrogen (secondary N) is 1. The van der Waals surface area contributed by atoms with Crippen LogP contribution in [-0.2, 0) is 5.60 Å². The number of aliphatic hydroxyl groups is 1. The number of nitrogens with two attached hydrogens (primary N) is 1. The zero-order chi connectivity index (χ0) is 23.6. The molecule has 1 saturated heterocycles. The first-order valence-corrected chi connectivity index (χ1v) is 12.6. The van der Waals surface area contributed by atoms with Crippen LogP contribution in [-0.4, -0.2) is 47.1 Å². The Morgan fingerprint density at radius 1 is 1.24 bits per heavy atom. The standard InChI is InChI=1S/C25H31ClN4O2S/c1-16-15-17(2)29-24-20(16)21(27)22(33-24)23(31)28-11-3-4-12-30-13-9-25(32,10-14-30)18-5-7-19(26)8-6-18/h5-8,15,32H,3-4,9-14,27H2,1-2H3,(H,28,31). The lowest BCUT2D eigenvalue weighted by Crippen LogP contribution is -2.43. The molecule has 3 aromatic rings. The number of hydrogen-bond acceptors (Lipinski definition) is 6. The molecule has 0 saturated carbocycles. The molecule has 4 N–H and O–H groups in total. The highest BCUT2D eigenvalue weighted by Gasteiger charge is 2.33. The highest BCUT2D eigenvalue weighted by Crippen LogP contribution is 2.35. The second-order valence-corrected chi connectivity index (χ2v) is 10.4. The van der Waals surface area contributed by atoms with Gasteiger partial charge in [0, 0.05) is 35.7 Å². The molecule has 33 heavy (non-hydrogen) atoms. The number of piperidine rings is 1. The van der Waals surface area contributed by atoms with Crippen molar-refractivity contribution in [3.05, 3.63) is 57.1 Å². The number of anilines is 1. The largest absolute Gasteiger partial charge is 0.397 e. The van der Waals surface area contributed by atoms with Gasteiger partial charge >= 0.3 is 0 Å². The predicted octanol–water partition coefficient (Wildman–Crippen LogP) is 4.64. The summed E-state index contributed by atoms with van der Waals surface area (Å²) in [6.07, 6.45) is 3.30. The second-order valence-electron chi connectivity index (χ2n) is 8.95. The molecular weight excluding hydrogens is 456 g/mol. The number of nitrogens with zero attached hydrogens (tertiary/aromatic N) is 2. The lowest BCUT2D eigenvalue weighted by Gasteiger charge is -2.38. The van der Waals surface area contributed by atoms with Crippen molar-refractivity contribution in [3.63, 3.8) is 0 Å². The molecule has 1 aliphatic rings. The number of carbonyl (C=O) groups is 1. The molecule has 0 bridgehead atoms. The van der Waals surface area contributed by atoms with Gasteiger partial charge in [0.05, 0.1) is 11.3 Å². The number of carbonyl (C=O) groups excluding carboxylic acids is 1. The van der Waals surface area contributed by atoms with E-state index in [0.717, 1.165) is 59.5 Å². The minimum Gasteiger partial charge on any atom is -0.397 e. The van der Waals surface area contributed by atoms with E-state index in [1.807, 2.05) is 44.2 Å². The number of halogens is 1. The molecule has 6 nitrogen and oxygen atoms in total. The van der Waals surface area contributed by atoms with E-state index in [4.69, 9.17) is 17.3 Å². The van der Waals surface area contributed by atoms with E-state index in [0.29, 0.717) is 35.0 Å². The number of aromatic nitrogens is 1. The summed E-state index contributed by atoms with van der Waals surface area (Å²) in [6, 6.07) is 9.50. The van der Waals surface area contributed by atoms with Crippen LogP contribution >= 0.6 is 22.9 Å². The number of amides is 1. The number of rotatable bonds is 7. The molecule has 0 radical (unpaired) electrons. The summed E-state index contributed by atoms with van der Waals surface area (Å²) in [5.41, 5.74) is 8.94. The van der Waals surface area contributed by atoms with Crippen molar-refractivity contribution in [2.45, 2.75) is 45.1 Å². The normalized spacial score (nSPS) is 16.2. The van der Waals surface area contributed by atoms with Gasteiger partial charge in [-0.1, -0.05) is 23.7 Å². The monoisotopic (exact) mass is 486 g/mol. The molecule has 2 aromatic heterocycles. The number of pyridine rings is 1. The Hall–Kier alpha value is -2.19. The van der Waals surface area contributed by atoms with Crippen LogP contribution in [0.4, 0.5) is 5.69 Å². The topological polar surface area (TPSA) is 91.5 Å². The number of nitrogen functional groups attached to an aromatic ring is 1. The van der Waals surface area contributed by atoms with Gasteiger partial charge in [-0.25, -0.2) is 4.98 Å². The van der Waals surface area contributed by atoms with Crippen LogP contribution in [0.3, 0.4) is 0 Å². The highest BCUT2D eigenvalue weighted by atomic mass is 35.5. The molecule has 1 fully saturated rings. The molecule has 8 heteroatoms. The maximum atomic E-state index is 12.7. The van der Waals surface area contributed by atoms with Gasteiger partial charge in [0.25, 0.3) is 5.91 Å². The maximum absolute atomic E-state index is 12.7. The Morgan fingerprint density at radius 3 is 2.64 bits per heavy atom. The van der Waals surface area contributed by atoms with E-state index in [1.165, 1.54) is 11.3 Å². The van der Waals surface area contributed by atoms with Crippen molar-refractivity contribution < 1.29 is 9.90 Å². The molecule has 4 rings (SSSR count). The first-order chi connectivity index (χ1) is 15.8. The third kappa shape index (κ3) is 5.32. The quantitative estimate of drug-likeness (QED) is 0.423. The van der Waals surface area contributed by atoms with Crippen LogP contribution in [0.5, 0.6) is 0 Å². The summed E-state index contributed by atoms with van der Waals surface area (Å²) >= 11 is 7.33. The number of likely N-dealkylation sites (tertiary alicyclic amines) is 1. The second kappa shape index (κ2) is 9.97. The van der Waals surface area contributed by atoms with Gasteiger partial charge in [-0.05, 0) is 75.4 Å². The van der Waals surface area contributed by atoms with Crippen LogP contribution in [0, 0.1) is 13.8 Å². The summed E-state index contributed by atoms with van der Waals surface area (Å²) in [4.78, 5) is 20.9. The van der Waals surface area contributed by atoms with Crippen LogP contribution in [0.2, 0.25) is 5.02 Å². The lowest BCUT2D eigenvalue weighted by atomic mass is 9.84. The third-order valence-corrected chi connectivity index (χ3v) is 7.83. The molecule has 0 atom stereocenters. The third-order valence-electron chi connectivity index (χ3n) is 6.48. The fraction of sp³-hybridized carbons (Fsp3) is 0.440.